The molecule has 1 aromatic heterocycles. The van der Waals surface area contributed by atoms with Crippen molar-refractivity contribution in [3.8, 4) is 5.75 Å². The molecule has 0 aliphatic carbocycles. The molecular weight excluding hydrogens is 359 g/mol. The van der Waals surface area contributed by atoms with Gasteiger partial charge in [-0.05, 0) is 49.2 Å². The van der Waals surface area contributed by atoms with Crippen LogP contribution in [0.3, 0.4) is 0 Å². The van der Waals surface area contributed by atoms with Gasteiger partial charge in [-0.2, -0.15) is 0 Å². The average molecular weight is 373 g/mol. The molecule has 0 aliphatic rings. The molecular formula is C18H14Cl2N4O. The third-order valence-corrected chi connectivity index (χ3v) is 4.02. The number of rotatable bonds is 6. The Morgan fingerprint density at radius 3 is 2.60 bits per heavy atom. The van der Waals surface area contributed by atoms with Gasteiger partial charge in [0, 0.05) is 5.69 Å². The minimum absolute atomic E-state index is 0.466. The highest BCUT2D eigenvalue weighted by atomic mass is 35.5. The van der Waals surface area contributed by atoms with Gasteiger partial charge in [0.1, 0.15) is 11.5 Å². The highest BCUT2D eigenvalue weighted by molar-refractivity contribution is 6.42. The number of nitrogens with zero attached hydrogens (tertiary/aromatic N) is 2. The van der Waals surface area contributed by atoms with Gasteiger partial charge in [0.2, 0.25) is 5.95 Å². The first-order chi connectivity index (χ1) is 12.1. The number of H-pyrrole nitrogens is 1. The monoisotopic (exact) mass is 372 g/mol. The van der Waals surface area contributed by atoms with E-state index in [1.807, 2.05) is 24.3 Å². The van der Waals surface area contributed by atoms with E-state index in [0.29, 0.717) is 27.5 Å². The highest BCUT2D eigenvalue weighted by Crippen LogP contribution is 2.28. The molecule has 0 amide bonds. The van der Waals surface area contributed by atoms with E-state index in [0.717, 1.165) is 16.7 Å². The molecule has 1 heterocycles. The number of aromatic amines is 1. The summed E-state index contributed by atoms with van der Waals surface area (Å²) in [7, 11) is 0. The summed E-state index contributed by atoms with van der Waals surface area (Å²) in [6.07, 6.45) is 3.05. The summed E-state index contributed by atoms with van der Waals surface area (Å²) in [5.41, 5.74) is 2.37. The number of halogens is 2. The van der Waals surface area contributed by atoms with E-state index in [1.54, 1.807) is 18.2 Å². The summed E-state index contributed by atoms with van der Waals surface area (Å²) < 4.78 is 5.61. The number of fused-ring (bicyclic) bond motifs is 1. The van der Waals surface area contributed by atoms with Crippen molar-refractivity contribution in [1.82, 2.24) is 9.97 Å². The minimum Gasteiger partial charge on any atom is -0.456 e. The first-order valence-electron chi connectivity index (χ1n) is 7.27. The smallest absolute Gasteiger partial charge is 0.205 e. The highest BCUT2D eigenvalue weighted by Gasteiger charge is 2.07. The van der Waals surface area contributed by atoms with E-state index < -0.39 is 0 Å². The summed E-state index contributed by atoms with van der Waals surface area (Å²) in [5, 5.41) is 4.12. The summed E-state index contributed by atoms with van der Waals surface area (Å²) in [6, 6.07) is 10.8. The largest absolute Gasteiger partial charge is 0.456 e. The first-order valence-corrected chi connectivity index (χ1v) is 8.03. The average Bonchev–Trinajstić information content (AvgIpc) is 2.97. The van der Waals surface area contributed by atoms with E-state index in [2.05, 4.69) is 33.6 Å². The Kier molecular flexibility index (Phi) is 5.07. The number of hydrogen-bond donors (Lipinski definition) is 2. The maximum Gasteiger partial charge on any atom is 0.205 e. The maximum atomic E-state index is 6.01. The molecule has 0 bridgehead atoms. The summed E-state index contributed by atoms with van der Waals surface area (Å²) >= 11 is 12.0. The lowest BCUT2D eigenvalue weighted by molar-refractivity contribution is 0.443. The third kappa shape index (κ3) is 4.02. The van der Waals surface area contributed by atoms with Gasteiger partial charge in [-0.15, -0.1) is 0 Å². The van der Waals surface area contributed by atoms with Crippen LogP contribution < -0.4 is 10.1 Å². The molecule has 2 N–H and O–H groups in total. The van der Waals surface area contributed by atoms with Crippen LogP contribution in [0.5, 0.6) is 5.75 Å². The van der Waals surface area contributed by atoms with E-state index in [1.165, 1.54) is 6.20 Å². The molecule has 3 rings (SSSR count). The summed E-state index contributed by atoms with van der Waals surface area (Å²) in [4.78, 5) is 11.2. The van der Waals surface area contributed by atoms with Crippen molar-refractivity contribution in [2.75, 3.05) is 5.32 Å². The number of allylic oxidation sites excluding steroid dienone is 1. The lowest BCUT2D eigenvalue weighted by atomic mass is 10.3. The van der Waals surface area contributed by atoms with Crippen LogP contribution in [-0.2, 0) is 0 Å². The number of benzene rings is 2. The van der Waals surface area contributed by atoms with Crippen LogP contribution >= 0.6 is 23.2 Å². The van der Waals surface area contributed by atoms with Crippen LogP contribution in [0.15, 0.2) is 66.0 Å². The van der Waals surface area contributed by atoms with Crippen molar-refractivity contribution in [1.29, 1.82) is 0 Å². The predicted molar refractivity (Wildman–Crippen MR) is 104 cm³/mol. The normalized spacial score (nSPS) is 11.4. The van der Waals surface area contributed by atoms with Gasteiger partial charge in [0.15, 0.2) is 0 Å². The predicted octanol–water partition coefficient (Wildman–Crippen LogP) is 5.72. The Bertz CT molecular complexity index is 922. The fourth-order valence-electron chi connectivity index (χ4n) is 2.15. The van der Waals surface area contributed by atoms with E-state index in [-0.39, 0.29) is 0 Å². The second-order valence-corrected chi connectivity index (χ2v) is 5.85. The van der Waals surface area contributed by atoms with Crippen molar-refractivity contribution in [2.24, 2.45) is 4.99 Å². The van der Waals surface area contributed by atoms with Gasteiger partial charge in [-0.25, -0.2) is 4.98 Å². The van der Waals surface area contributed by atoms with Crippen LogP contribution in [0.25, 0.3) is 11.0 Å². The second kappa shape index (κ2) is 7.42. The molecule has 0 aliphatic heterocycles. The Hall–Kier alpha value is -2.76. The summed E-state index contributed by atoms with van der Waals surface area (Å²) in [6.45, 7) is 7.05. The van der Waals surface area contributed by atoms with Crippen LogP contribution in [0.2, 0.25) is 10.0 Å². The Balaban J connectivity index is 1.76. The molecule has 0 atom stereocenters. The van der Waals surface area contributed by atoms with E-state index in [9.17, 15) is 0 Å². The van der Waals surface area contributed by atoms with Crippen LogP contribution in [-0.4, -0.2) is 16.7 Å². The molecule has 25 heavy (non-hydrogen) atoms. The molecule has 0 fully saturated rings. The van der Waals surface area contributed by atoms with Crippen molar-refractivity contribution in [3.05, 3.63) is 71.1 Å². The molecule has 2 aromatic carbocycles. The summed E-state index contributed by atoms with van der Waals surface area (Å²) in [5.74, 6) is 1.76. The van der Waals surface area contributed by atoms with E-state index in [4.69, 9.17) is 27.9 Å². The third-order valence-electron chi connectivity index (χ3n) is 3.30. The van der Waals surface area contributed by atoms with Gasteiger partial charge in [-0.1, -0.05) is 29.8 Å². The number of anilines is 2. The van der Waals surface area contributed by atoms with Crippen molar-refractivity contribution in [2.45, 2.75) is 0 Å². The minimum atomic E-state index is 0.466. The zero-order chi connectivity index (χ0) is 17.8. The molecule has 0 saturated heterocycles. The molecule has 5 nitrogen and oxygen atoms in total. The molecule has 0 saturated carbocycles. The van der Waals surface area contributed by atoms with Gasteiger partial charge in [-0.3, -0.25) is 4.99 Å². The first kappa shape index (κ1) is 17.1. The Morgan fingerprint density at radius 1 is 1.20 bits per heavy atom. The number of ether oxygens (including phenoxy) is 1. The number of aromatic nitrogens is 2. The van der Waals surface area contributed by atoms with Crippen molar-refractivity contribution >= 4 is 52.6 Å². The van der Waals surface area contributed by atoms with Crippen LogP contribution in [0, 0.1) is 0 Å². The lowest BCUT2D eigenvalue weighted by Crippen LogP contribution is -1.94. The zero-order valence-electron chi connectivity index (χ0n) is 13.1. The second-order valence-electron chi connectivity index (χ2n) is 5.04. The molecule has 126 valence electrons. The number of aliphatic imine (C=N–C) groups is 1. The number of hydrogen-bond acceptors (Lipinski definition) is 4. The lowest BCUT2D eigenvalue weighted by Gasteiger charge is -2.07. The number of nitrogens with one attached hydrogen (secondary N) is 2. The van der Waals surface area contributed by atoms with Gasteiger partial charge < -0.3 is 15.0 Å². The van der Waals surface area contributed by atoms with Gasteiger partial charge >= 0.3 is 0 Å². The fourth-order valence-corrected chi connectivity index (χ4v) is 2.48. The van der Waals surface area contributed by atoms with Gasteiger partial charge in [0.05, 0.1) is 27.3 Å². The zero-order valence-corrected chi connectivity index (χ0v) is 14.6. The molecule has 3 aromatic rings. The fraction of sp³-hybridized carbons (Fsp3) is 0. The molecule has 7 heteroatoms. The van der Waals surface area contributed by atoms with Crippen molar-refractivity contribution in [3.63, 3.8) is 0 Å². The standard InChI is InChI=1S/C18H14Cl2N4O/c1-3-12(10-21-2)25-13-6-4-11(5-7-13)22-18-23-16-8-14(19)15(20)9-17(16)24-18/h3-10H,1-2H2,(H2,22,23,24)/b12-10+. The van der Waals surface area contributed by atoms with Crippen molar-refractivity contribution < 1.29 is 4.74 Å². The maximum absolute atomic E-state index is 6.01. The Morgan fingerprint density at radius 2 is 1.92 bits per heavy atom. The van der Waals surface area contributed by atoms with Crippen LogP contribution in [0.1, 0.15) is 0 Å². The quantitative estimate of drug-likeness (QED) is 0.330. The Labute approximate surface area is 154 Å². The SMILES string of the molecule is C=C/C(=C\N=C)Oc1ccc(Nc2nc3cc(Cl)c(Cl)cc3[nH]2)cc1. The molecule has 0 spiro atoms. The molecule has 0 radical (unpaired) electrons. The van der Waals surface area contributed by atoms with Crippen LogP contribution in [0.4, 0.5) is 11.6 Å². The topological polar surface area (TPSA) is 62.3 Å². The number of imidazole rings is 1. The van der Waals surface area contributed by atoms with Gasteiger partial charge in [0.25, 0.3) is 0 Å². The van der Waals surface area contributed by atoms with E-state index >= 15 is 0 Å². The molecule has 0 unspecified atom stereocenters.